The summed E-state index contributed by atoms with van der Waals surface area (Å²) in [6.45, 7) is 0.549. The van der Waals surface area contributed by atoms with E-state index in [-0.39, 0.29) is 5.91 Å². The smallest absolute Gasteiger partial charge is 0.227 e. The van der Waals surface area contributed by atoms with E-state index >= 15 is 0 Å². The number of imidazole rings is 1. The van der Waals surface area contributed by atoms with Gasteiger partial charge < -0.3 is 14.2 Å². The predicted octanol–water partition coefficient (Wildman–Crippen LogP) is 2.74. The van der Waals surface area contributed by atoms with Crippen LogP contribution in [0.15, 0.2) is 52.6 Å². The summed E-state index contributed by atoms with van der Waals surface area (Å²) in [4.78, 5) is 21.8. The second kappa shape index (κ2) is 7.49. The highest BCUT2D eigenvalue weighted by molar-refractivity contribution is 7.13. The molecule has 26 heavy (non-hydrogen) atoms. The molecule has 4 aromatic heterocycles. The first-order chi connectivity index (χ1) is 12.8. The average Bonchev–Trinajstić information content (AvgIpc) is 3.38. The highest BCUT2D eigenvalue weighted by atomic mass is 32.1. The minimum Gasteiger partial charge on any atom is -0.356 e. The van der Waals surface area contributed by atoms with Crippen LogP contribution in [0.25, 0.3) is 16.3 Å². The van der Waals surface area contributed by atoms with E-state index in [0.717, 1.165) is 16.2 Å². The van der Waals surface area contributed by atoms with E-state index in [4.69, 9.17) is 4.52 Å². The molecule has 8 heteroatoms. The lowest BCUT2D eigenvalue weighted by molar-refractivity contribution is -0.121. The molecule has 0 atom stereocenters. The molecular formula is C18H17N5O2S. The lowest BCUT2D eigenvalue weighted by Gasteiger charge is -2.02. The molecule has 1 amide bonds. The molecule has 0 unspecified atom stereocenters. The number of pyridine rings is 1. The number of carbonyl (C=O) groups excluding carboxylic acids is 1. The molecule has 4 aromatic rings. The van der Waals surface area contributed by atoms with Crippen LogP contribution in [0.4, 0.5) is 0 Å². The Morgan fingerprint density at radius 3 is 3.00 bits per heavy atom. The van der Waals surface area contributed by atoms with E-state index in [9.17, 15) is 4.79 Å². The zero-order valence-electron chi connectivity index (χ0n) is 14.0. The van der Waals surface area contributed by atoms with Gasteiger partial charge in [-0.1, -0.05) is 17.3 Å². The highest BCUT2D eigenvalue weighted by Crippen LogP contribution is 2.21. The van der Waals surface area contributed by atoms with E-state index in [1.807, 2.05) is 52.5 Å². The van der Waals surface area contributed by atoms with Crippen LogP contribution < -0.4 is 5.32 Å². The summed E-state index contributed by atoms with van der Waals surface area (Å²) < 4.78 is 7.17. The number of aromatic nitrogens is 4. The fourth-order valence-corrected chi connectivity index (χ4v) is 3.26. The Morgan fingerprint density at radius 1 is 1.19 bits per heavy atom. The number of aryl methyl sites for hydroxylation is 1. The third-order valence-corrected chi connectivity index (χ3v) is 4.76. The van der Waals surface area contributed by atoms with Gasteiger partial charge in [0.25, 0.3) is 0 Å². The quantitative estimate of drug-likeness (QED) is 0.543. The first-order valence-corrected chi connectivity index (χ1v) is 9.22. The van der Waals surface area contributed by atoms with E-state index < -0.39 is 0 Å². The van der Waals surface area contributed by atoms with Gasteiger partial charge in [0.15, 0.2) is 0 Å². The number of nitrogens with one attached hydrogen (secondary N) is 1. The van der Waals surface area contributed by atoms with Crippen molar-refractivity contribution < 1.29 is 9.32 Å². The van der Waals surface area contributed by atoms with Crippen LogP contribution in [0.5, 0.6) is 0 Å². The van der Waals surface area contributed by atoms with Crippen LogP contribution in [-0.2, 0) is 17.6 Å². The monoisotopic (exact) mass is 367 g/mol. The Balaban J connectivity index is 1.23. The van der Waals surface area contributed by atoms with Crippen molar-refractivity contribution in [2.24, 2.45) is 0 Å². The van der Waals surface area contributed by atoms with Crippen LogP contribution in [0.2, 0.25) is 0 Å². The maximum absolute atomic E-state index is 12.0. The number of nitrogens with zero attached hydrogens (tertiary/aromatic N) is 4. The van der Waals surface area contributed by atoms with Gasteiger partial charge in [0.1, 0.15) is 5.65 Å². The number of fused-ring (bicyclic) bond motifs is 1. The first-order valence-electron chi connectivity index (χ1n) is 8.34. The molecule has 0 spiro atoms. The summed E-state index contributed by atoms with van der Waals surface area (Å²) >= 11 is 1.55. The maximum atomic E-state index is 12.0. The summed E-state index contributed by atoms with van der Waals surface area (Å²) in [6, 6.07) is 9.74. The van der Waals surface area contributed by atoms with Crippen molar-refractivity contribution in [1.29, 1.82) is 0 Å². The Bertz CT molecular complexity index is 973. The van der Waals surface area contributed by atoms with Crippen molar-refractivity contribution in [3.63, 3.8) is 0 Å². The van der Waals surface area contributed by atoms with E-state index in [0.29, 0.717) is 37.5 Å². The number of thiophene rings is 1. The molecule has 0 aliphatic carbocycles. The van der Waals surface area contributed by atoms with E-state index in [2.05, 4.69) is 20.4 Å². The molecule has 1 N–H and O–H groups in total. The van der Waals surface area contributed by atoms with Crippen LogP contribution in [0.1, 0.15) is 18.0 Å². The molecule has 7 nitrogen and oxygen atoms in total. The fourth-order valence-electron chi connectivity index (χ4n) is 2.61. The lowest BCUT2D eigenvalue weighted by atomic mass is 10.2. The molecule has 0 aliphatic heterocycles. The van der Waals surface area contributed by atoms with Gasteiger partial charge in [0.05, 0.1) is 10.6 Å². The van der Waals surface area contributed by atoms with Crippen LogP contribution in [-0.4, -0.2) is 32.0 Å². The largest absolute Gasteiger partial charge is 0.356 e. The summed E-state index contributed by atoms with van der Waals surface area (Å²) in [5.41, 5.74) is 1.86. The SMILES string of the molecule is O=C(CCc1nc(-c2cccs2)no1)NCCc1cn2ccccc2n1. The van der Waals surface area contributed by atoms with E-state index in [1.165, 1.54) is 0 Å². The minimum absolute atomic E-state index is 0.0374. The summed E-state index contributed by atoms with van der Waals surface area (Å²) in [6.07, 6.45) is 5.37. The summed E-state index contributed by atoms with van der Waals surface area (Å²) in [7, 11) is 0. The van der Waals surface area contributed by atoms with Gasteiger partial charge >= 0.3 is 0 Å². The van der Waals surface area contributed by atoms with Crippen molar-refractivity contribution >= 4 is 22.9 Å². The summed E-state index contributed by atoms with van der Waals surface area (Å²) in [5, 5.41) is 8.81. The number of hydrogen-bond acceptors (Lipinski definition) is 6. The van der Waals surface area contributed by atoms with Gasteiger partial charge in [0, 0.05) is 38.2 Å². The number of rotatable bonds is 7. The van der Waals surface area contributed by atoms with Gasteiger partial charge in [-0.05, 0) is 23.6 Å². The molecule has 0 aromatic carbocycles. The molecular weight excluding hydrogens is 350 g/mol. The average molecular weight is 367 g/mol. The molecule has 0 fully saturated rings. The first kappa shape index (κ1) is 16.5. The second-order valence-electron chi connectivity index (χ2n) is 5.79. The Kier molecular flexibility index (Phi) is 4.74. The molecule has 0 bridgehead atoms. The maximum Gasteiger partial charge on any atom is 0.227 e. The molecule has 0 aliphatic rings. The number of carbonyl (C=O) groups is 1. The van der Waals surface area contributed by atoms with Crippen LogP contribution in [0, 0.1) is 0 Å². The zero-order valence-corrected chi connectivity index (χ0v) is 14.8. The fraction of sp³-hybridized carbons (Fsp3) is 0.222. The summed E-state index contributed by atoms with van der Waals surface area (Å²) in [5.74, 6) is 1.01. The lowest BCUT2D eigenvalue weighted by Crippen LogP contribution is -2.26. The zero-order chi connectivity index (χ0) is 17.8. The molecule has 132 valence electrons. The molecule has 0 radical (unpaired) electrons. The predicted molar refractivity (Wildman–Crippen MR) is 97.8 cm³/mol. The van der Waals surface area contributed by atoms with Gasteiger partial charge in [-0.2, -0.15) is 4.98 Å². The molecule has 0 saturated carbocycles. The van der Waals surface area contributed by atoms with Crippen molar-refractivity contribution in [3.8, 4) is 10.7 Å². The molecule has 4 rings (SSSR count). The van der Waals surface area contributed by atoms with Crippen LogP contribution >= 0.6 is 11.3 Å². The Labute approximate surface area is 153 Å². The molecule has 4 heterocycles. The topological polar surface area (TPSA) is 85.3 Å². The van der Waals surface area contributed by atoms with Crippen LogP contribution in [0.3, 0.4) is 0 Å². The van der Waals surface area contributed by atoms with Gasteiger partial charge in [-0.15, -0.1) is 11.3 Å². The number of hydrogen-bond donors (Lipinski definition) is 1. The normalized spacial score (nSPS) is 11.1. The Hall–Kier alpha value is -3.00. The Morgan fingerprint density at radius 2 is 2.15 bits per heavy atom. The standard InChI is InChI=1S/C18H17N5O2S/c24-16(6-7-17-21-18(22-25-17)14-4-3-11-26-14)19-9-8-13-12-23-10-2-1-5-15(23)20-13/h1-5,10-12H,6-9H2,(H,19,24). The van der Waals surface area contributed by atoms with Crippen molar-refractivity contribution in [3.05, 3.63) is 59.7 Å². The van der Waals surface area contributed by atoms with Crippen molar-refractivity contribution in [1.82, 2.24) is 24.8 Å². The molecule has 0 saturated heterocycles. The van der Waals surface area contributed by atoms with Crippen molar-refractivity contribution in [2.75, 3.05) is 6.54 Å². The highest BCUT2D eigenvalue weighted by Gasteiger charge is 2.11. The van der Waals surface area contributed by atoms with Gasteiger partial charge in [0.2, 0.25) is 17.6 Å². The number of amides is 1. The van der Waals surface area contributed by atoms with Gasteiger partial charge in [-0.3, -0.25) is 4.79 Å². The van der Waals surface area contributed by atoms with Gasteiger partial charge in [-0.25, -0.2) is 4.98 Å². The third-order valence-electron chi connectivity index (χ3n) is 3.89. The minimum atomic E-state index is -0.0374. The van der Waals surface area contributed by atoms with Crippen molar-refractivity contribution in [2.45, 2.75) is 19.3 Å². The van der Waals surface area contributed by atoms with E-state index in [1.54, 1.807) is 11.3 Å². The third kappa shape index (κ3) is 3.80. The second-order valence-corrected chi connectivity index (χ2v) is 6.74.